The summed E-state index contributed by atoms with van der Waals surface area (Å²) in [5.74, 6) is 1.55. The smallest absolute Gasteiger partial charge is 0.260 e. The lowest BCUT2D eigenvalue weighted by molar-refractivity contribution is -0.134. The largest absolute Gasteiger partial charge is 0.484 e. The molecule has 1 amide bonds. The molecule has 0 aliphatic carbocycles. The van der Waals surface area contributed by atoms with Crippen LogP contribution in [0.2, 0.25) is 0 Å². The zero-order valence-corrected chi connectivity index (χ0v) is 15.2. The van der Waals surface area contributed by atoms with Gasteiger partial charge in [-0.3, -0.25) is 4.79 Å². The molecule has 3 nitrogen and oxygen atoms in total. The van der Waals surface area contributed by atoms with E-state index in [0.717, 1.165) is 49.2 Å². The van der Waals surface area contributed by atoms with Gasteiger partial charge in [-0.1, -0.05) is 36.4 Å². The molecule has 2 aromatic rings. The van der Waals surface area contributed by atoms with Crippen LogP contribution in [0.15, 0.2) is 48.5 Å². The molecule has 1 aliphatic rings. The van der Waals surface area contributed by atoms with E-state index in [-0.39, 0.29) is 12.5 Å². The summed E-state index contributed by atoms with van der Waals surface area (Å²) in [7, 11) is 0. The van der Waals surface area contributed by atoms with Gasteiger partial charge in [0.2, 0.25) is 0 Å². The Bertz CT molecular complexity index is 683. The van der Waals surface area contributed by atoms with E-state index >= 15 is 0 Å². The number of ether oxygens (including phenoxy) is 1. The lowest BCUT2D eigenvalue weighted by Crippen LogP contribution is -2.41. The van der Waals surface area contributed by atoms with Crippen molar-refractivity contribution >= 4 is 5.91 Å². The van der Waals surface area contributed by atoms with Gasteiger partial charge in [0.05, 0.1) is 0 Å². The number of piperidine rings is 1. The number of carbonyl (C=O) groups excluding carboxylic acids is 1. The predicted molar refractivity (Wildman–Crippen MR) is 101 cm³/mol. The van der Waals surface area contributed by atoms with E-state index < -0.39 is 0 Å². The number of aryl methyl sites for hydroxylation is 2. The fourth-order valence-corrected chi connectivity index (χ4v) is 3.59. The van der Waals surface area contributed by atoms with Gasteiger partial charge in [0.15, 0.2) is 6.61 Å². The van der Waals surface area contributed by atoms with Crippen molar-refractivity contribution in [3.63, 3.8) is 0 Å². The number of carbonyl (C=O) groups is 1. The van der Waals surface area contributed by atoms with Gasteiger partial charge < -0.3 is 9.64 Å². The molecule has 0 spiro atoms. The van der Waals surface area contributed by atoms with E-state index in [1.54, 1.807) is 0 Å². The first-order valence-corrected chi connectivity index (χ1v) is 9.13. The van der Waals surface area contributed by atoms with E-state index in [1.807, 2.05) is 30.9 Å². The molecule has 0 unspecified atom stereocenters. The maximum Gasteiger partial charge on any atom is 0.260 e. The van der Waals surface area contributed by atoms with Gasteiger partial charge in [-0.05, 0) is 67.9 Å². The third-order valence-electron chi connectivity index (χ3n) is 4.89. The summed E-state index contributed by atoms with van der Waals surface area (Å²) in [5, 5.41) is 0. The number of likely N-dealkylation sites (tertiary alicyclic amines) is 1. The molecule has 0 atom stereocenters. The number of nitrogens with zero attached hydrogens (tertiary/aromatic N) is 1. The van der Waals surface area contributed by atoms with Crippen molar-refractivity contribution in [2.75, 3.05) is 19.7 Å². The minimum absolute atomic E-state index is 0.0947. The second kappa shape index (κ2) is 8.19. The summed E-state index contributed by atoms with van der Waals surface area (Å²) < 4.78 is 5.71. The molecular weight excluding hydrogens is 310 g/mol. The highest BCUT2D eigenvalue weighted by Crippen LogP contribution is 2.22. The van der Waals surface area contributed by atoms with Gasteiger partial charge in [-0.15, -0.1) is 0 Å². The Morgan fingerprint density at radius 2 is 1.68 bits per heavy atom. The van der Waals surface area contributed by atoms with Crippen molar-refractivity contribution in [1.82, 2.24) is 4.90 Å². The highest BCUT2D eigenvalue weighted by Gasteiger charge is 2.23. The van der Waals surface area contributed by atoms with E-state index in [1.165, 1.54) is 5.56 Å². The second-order valence-corrected chi connectivity index (χ2v) is 7.13. The number of benzene rings is 2. The standard InChI is InChI=1S/C22H27NO2/c1-17-12-18(2)14-21(13-17)25-16-22(24)23-10-8-20(9-11-23)15-19-6-4-3-5-7-19/h3-7,12-14,20H,8-11,15-16H2,1-2H3. The molecule has 25 heavy (non-hydrogen) atoms. The van der Waals surface area contributed by atoms with Crippen LogP contribution in [0.25, 0.3) is 0 Å². The van der Waals surface area contributed by atoms with Crippen LogP contribution in [0.5, 0.6) is 5.75 Å². The molecule has 0 aromatic heterocycles. The zero-order valence-electron chi connectivity index (χ0n) is 15.2. The molecule has 1 saturated heterocycles. The van der Waals surface area contributed by atoms with Crippen molar-refractivity contribution in [2.24, 2.45) is 5.92 Å². The SMILES string of the molecule is Cc1cc(C)cc(OCC(=O)N2CCC(Cc3ccccc3)CC2)c1. The Kier molecular flexibility index (Phi) is 5.75. The topological polar surface area (TPSA) is 29.5 Å². The predicted octanol–water partition coefficient (Wildman–Crippen LogP) is 4.16. The third-order valence-corrected chi connectivity index (χ3v) is 4.89. The number of hydrogen-bond acceptors (Lipinski definition) is 2. The Morgan fingerprint density at radius 3 is 2.32 bits per heavy atom. The number of hydrogen-bond donors (Lipinski definition) is 0. The van der Waals surface area contributed by atoms with E-state index in [4.69, 9.17) is 4.74 Å². The monoisotopic (exact) mass is 337 g/mol. The number of rotatable bonds is 5. The summed E-state index contributed by atoms with van der Waals surface area (Å²) in [5.41, 5.74) is 3.71. The number of amides is 1. The Labute approximate surface area is 150 Å². The molecule has 0 bridgehead atoms. The highest BCUT2D eigenvalue weighted by atomic mass is 16.5. The Hall–Kier alpha value is -2.29. The summed E-state index contributed by atoms with van der Waals surface area (Å²) in [6, 6.07) is 16.7. The fraction of sp³-hybridized carbons (Fsp3) is 0.409. The molecule has 3 heteroatoms. The average Bonchev–Trinajstić information content (AvgIpc) is 2.60. The molecule has 0 N–H and O–H groups in total. The first-order chi connectivity index (χ1) is 12.1. The summed E-state index contributed by atoms with van der Waals surface area (Å²) >= 11 is 0. The first-order valence-electron chi connectivity index (χ1n) is 9.13. The van der Waals surface area contributed by atoms with Crippen LogP contribution in [-0.4, -0.2) is 30.5 Å². The van der Waals surface area contributed by atoms with Gasteiger partial charge in [0.25, 0.3) is 5.91 Å². The van der Waals surface area contributed by atoms with Crippen LogP contribution >= 0.6 is 0 Å². The molecule has 1 heterocycles. The molecule has 2 aromatic carbocycles. The molecule has 0 saturated carbocycles. The van der Waals surface area contributed by atoms with Gasteiger partial charge in [0, 0.05) is 13.1 Å². The third kappa shape index (κ3) is 5.09. The van der Waals surface area contributed by atoms with Crippen molar-refractivity contribution < 1.29 is 9.53 Å². The molecule has 1 aliphatic heterocycles. The molecule has 3 rings (SSSR count). The quantitative estimate of drug-likeness (QED) is 0.820. The maximum absolute atomic E-state index is 12.4. The van der Waals surface area contributed by atoms with Gasteiger partial charge in [-0.2, -0.15) is 0 Å². The second-order valence-electron chi connectivity index (χ2n) is 7.13. The average molecular weight is 337 g/mol. The van der Waals surface area contributed by atoms with Crippen molar-refractivity contribution in [3.05, 3.63) is 65.2 Å². The van der Waals surface area contributed by atoms with Crippen LogP contribution in [0.4, 0.5) is 0 Å². The maximum atomic E-state index is 12.4. The van der Waals surface area contributed by atoms with Crippen molar-refractivity contribution in [1.29, 1.82) is 0 Å². The minimum atomic E-state index is 0.0947. The lowest BCUT2D eigenvalue weighted by atomic mass is 9.90. The normalized spacial score (nSPS) is 15.2. The van der Waals surface area contributed by atoms with Gasteiger partial charge in [0.1, 0.15) is 5.75 Å². The molecular formula is C22H27NO2. The Morgan fingerprint density at radius 1 is 1.04 bits per heavy atom. The van der Waals surface area contributed by atoms with Gasteiger partial charge >= 0.3 is 0 Å². The molecule has 0 radical (unpaired) electrons. The van der Waals surface area contributed by atoms with Crippen molar-refractivity contribution in [3.8, 4) is 5.75 Å². The molecule has 132 valence electrons. The van der Waals surface area contributed by atoms with Crippen LogP contribution in [-0.2, 0) is 11.2 Å². The zero-order chi connectivity index (χ0) is 17.6. The Balaban J connectivity index is 1.45. The summed E-state index contributed by atoms with van der Waals surface area (Å²) in [4.78, 5) is 14.4. The van der Waals surface area contributed by atoms with Crippen molar-refractivity contribution in [2.45, 2.75) is 33.1 Å². The van der Waals surface area contributed by atoms with E-state index in [9.17, 15) is 4.79 Å². The fourth-order valence-electron chi connectivity index (χ4n) is 3.59. The van der Waals surface area contributed by atoms with Crippen LogP contribution in [0.3, 0.4) is 0 Å². The van der Waals surface area contributed by atoms with E-state index in [0.29, 0.717) is 5.92 Å². The van der Waals surface area contributed by atoms with E-state index in [2.05, 4.69) is 36.4 Å². The summed E-state index contributed by atoms with van der Waals surface area (Å²) in [6.07, 6.45) is 3.26. The van der Waals surface area contributed by atoms with Crippen LogP contribution in [0.1, 0.15) is 29.5 Å². The summed E-state index contributed by atoms with van der Waals surface area (Å²) in [6.45, 7) is 5.89. The molecule has 1 fully saturated rings. The minimum Gasteiger partial charge on any atom is -0.484 e. The van der Waals surface area contributed by atoms with Crippen LogP contribution < -0.4 is 4.74 Å². The van der Waals surface area contributed by atoms with Gasteiger partial charge in [-0.25, -0.2) is 0 Å². The highest BCUT2D eigenvalue weighted by molar-refractivity contribution is 5.77. The van der Waals surface area contributed by atoms with Crippen LogP contribution in [0, 0.1) is 19.8 Å². The first kappa shape index (κ1) is 17.5. The lowest BCUT2D eigenvalue weighted by Gasteiger charge is -2.32.